The van der Waals surface area contributed by atoms with Gasteiger partial charge in [-0.15, -0.1) is 0 Å². The van der Waals surface area contributed by atoms with Crippen molar-refractivity contribution < 1.29 is 14.1 Å². The number of hydrogen-bond acceptors (Lipinski definition) is 5. The Balaban J connectivity index is 1.50. The molecule has 1 aromatic carbocycles. The van der Waals surface area contributed by atoms with Gasteiger partial charge in [0.25, 0.3) is 0 Å². The van der Waals surface area contributed by atoms with Gasteiger partial charge in [-0.1, -0.05) is 43.3 Å². The van der Waals surface area contributed by atoms with E-state index < -0.39 is 0 Å². The molecule has 0 unspecified atom stereocenters. The van der Waals surface area contributed by atoms with Crippen LogP contribution in [-0.2, 0) is 21.4 Å². The summed E-state index contributed by atoms with van der Waals surface area (Å²) < 4.78 is 5.59. The Bertz CT molecular complexity index is 953. The summed E-state index contributed by atoms with van der Waals surface area (Å²) in [6, 6.07) is 8.00. The van der Waals surface area contributed by atoms with Crippen molar-refractivity contribution in [3.63, 3.8) is 0 Å². The van der Waals surface area contributed by atoms with E-state index in [2.05, 4.69) is 15.5 Å². The topological polar surface area (TPSA) is 88.3 Å². The SMILES string of the molecule is Cc1noc([C@]23C[C@H](NC(=O)Cc4ccccc4C)C[C@H]2CN(C(=O)C(C)C)C3)n1. The number of rotatable bonds is 5. The zero-order valence-corrected chi connectivity index (χ0v) is 18.1. The van der Waals surface area contributed by atoms with E-state index >= 15 is 0 Å². The molecule has 2 heterocycles. The zero-order valence-electron chi connectivity index (χ0n) is 18.1. The van der Waals surface area contributed by atoms with Gasteiger partial charge in [0.1, 0.15) is 0 Å². The second-order valence-corrected chi connectivity index (χ2v) is 9.18. The van der Waals surface area contributed by atoms with Crippen LogP contribution in [0.3, 0.4) is 0 Å². The second kappa shape index (κ2) is 7.85. The van der Waals surface area contributed by atoms with Crippen LogP contribution < -0.4 is 5.32 Å². The molecule has 2 aliphatic rings. The van der Waals surface area contributed by atoms with E-state index in [-0.39, 0.29) is 35.1 Å². The minimum absolute atomic E-state index is 0.0289. The second-order valence-electron chi connectivity index (χ2n) is 9.18. The lowest BCUT2D eigenvalue weighted by Crippen LogP contribution is -2.40. The molecule has 0 spiro atoms. The molecular formula is C23H30N4O3. The van der Waals surface area contributed by atoms with E-state index in [1.165, 1.54) is 0 Å². The number of likely N-dealkylation sites (tertiary alicyclic amines) is 1. The average molecular weight is 411 g/mol. The summed E-state index contributed by atoms with van der Waals surface area (Å²) >= 11 is 0. The van der Waals surface area contributed by atoms with E-state index in [0.29, 0.717) is 37.6 Å². The van der Waals surface area contributed by atoms with Crippen molar-refractivity contribution in [2.45, 2.75) is 58.4 Å². The maximum Gasteiger partial charge on any atom is 0.235 e. The summed E-state index contributed by atoms with van der Waals surface area (Å²) in [6.07, 6.45) is 1.89. The summed E-state index contributed by atoms with van der Waals surface area (Å²) in [5.74, 6) is 1.53. The van der Waals surface area contributed by atoms with Crippen molar-refractivity contribution >= 4 is 11.8 Å². The molecule has 2 aromatic rings. The predicted octanol–water partition coefficient (Wildman–Crippen LogP) is 2.56. The minimum atomic E-state index is -0.383. The molecule has 1 saturated carbocycles. The van der Waals surface area contributed by atoms with Gasteiger partial charge in [-0.3, -0.25) is 9.59 Å². The number of nitrogens with zero attached hydrogens (tertiary/aromatic N) is 3. The molecule has 7 heteroatoms. The first-order chi connectivity index (χ1) is 14.3. The molecule has 1 saturated heterocycles. The number of nitrogens with one attached hydrogen (secondary N) is 1. The van der Waals surface area contributed by atoms with Crippen molar-refractivity contribution in [3.8, 4) is 0 Å². The number of hydrogen-bond donors (Lipinski definition) is 1. The molecule has 0 radical (unpaired) electrons. The quantitative estimate of drug-likeness (QED) is 0.818. The molecule has 2 amide bonds. The summed E-state index contributed by atoms with van der Waals surface area (Å²) in [7, 11) is 0. The fourth-order valence-electron chi connectivity index (χ4n) is 5.10. The Kier molecular flexibility index (Phi) is 5.38. The highest BCUT2D eigenvalue weighted by molar-refractivity contribution is 5.80. The fraction of sp³-hybridized carbons (Fsp3) is 0.565. The van der Waals surface area contributed by atoms with Crippen LogP contribution in [0.2, 0.25) is 0 Å². The Hall–Kier alpha value is -2.70. The monoisotopic (exact) mass is 410 g/mol. The van der Waals surface area contributed by atoms with Crippen LogP contribution in [0, 0.1) is 25.7 Å². The first-order valence-corrected chi connectivity index (χ1v) is 10.7. The molecule has 1 N–H and O–H groups in total. The van der Waals surface area contributed by atoms with Crippen molar-refractivity contribution in [2.24, 2.45) is 11.8 Å². The normalized spacial score (nSPS) is 25.6. The number of aryl methyl sites for hydroxylation is 2. The molecule has 1 aromatic heterocycles. The third kappa shape index (κ3) is 3.73. The molecule has 160 valence electrons. The zero-order chi connectivity index (χ0) is 21.5. The van der Waals surface area contributed by atoms with Gasteiger partial charge in [0.05, 0.1) is 11.8 Å². The summed E-state index contributed by atoms with van der Waals surface area (Å²) in [4.78, 5) is 31.8. The molecule has 1 aliphatic carbocycles. The fourth-order valence-corrected chi connectivity index (χ4v) is 5.10. The maximum atomic E-state index is 12.7. The van der Waals surface area contributed by atoms with E-state index in [0.717, 1.165) is 17.5 Å². The lowest BCUT2D eigenvalue weighted by Gasteiger charge is -2.26. The van der Waals surface area contributed by atoms with Gasteiger partial charge >= 0.3 is 0 Å². The van der Waals surface area contributed by atoms with E-state index in [9.17, 15) is 9.59 Å². The number of carbonyl (C=O) groups excluding carboxylic acids is 2. The van der Waals surface area contributed by atoms with Gasteiger partial charge in [-0.2, -0.15) is 4.98 Å². The summed E-state index contributed by atoms with van der Waals surface area (Å²) in [5.41, 5.74) is 1.78. The largest absolute Gasteiger partial charge is 0.353 e. The molecule has 4 rings (SSSR count). The van der Waals surface area contributed by atoms with Gasteiger partial charge in [0, 0.05) is 25.0 Å². The van der Waals surface area contributed by atoms with Crippen LogP contribution in [0.15, 0.2) is 28.8 Å². The van der Waals surface area contributed by atoms with Crippen molar-refractivity contribution in [3.05, 3.63) is 47.1 Å². The standard InChI is InChI=1S/C23H30N4O3/c1-14(2)21(29)27-12-18-10-19(11-23(18,13-27)22-24-16(4)26-30-22)25-20(28)9-17-8-6-5-7-15(17)3/h5-8,14,18-19H,9-13H2,1-4H3,(H,25,28)/t18-,19+,23-/m0/s1. The van der Waals surface area contributed by atoms with Gasteiger partial charge in [0.2, 0.25) is 17.7 Å². The number of carbonyl (C=O) groups is 2. The van der Waals surface area contributed by atoms with Gasteiger partial charge in [-0.25, -0.2) is 0 Å². The van der Waals surface area contributed by atoms with E-state index in [1.54, 1.807) is 6.92 Å². The first kappa shape index (κ1) is 20.6. The Labute approximate surface area is 177 Å². The highest BCUT2D eigenvalue weighted by Crippen LogP contribution is 2.50. The van der Waals surface area contributed by atoms with Crippen molar-refractivity contribution in [2.75, 3.05) is 13.1 Å². The average Bonchev–Trinajstić information content (AvgIpc) is 3.35. The smallest absolute Gasteiger partial charge is 0.235 e. The molecular weight excluding hydrogens is 380 g/mol. The molecule has 7 nitrogen and oxygen atoms in total. The maximum absolute atomic E-state index is 12.7. The van der Waals surface area contributed by atoms with Gasteiger partial charge < -0.3 is 14.7 Å². The highest BCUT2D eigenvalue weighted by Gasteiger charge is 2.58. The predicted molar refractivity (Wildman–Crippen MR) is 112 cm³/mol. The third-order valence-electron chi connectivity index (χ3n) is 6.61. The Morgan fingerprint density at radius 1 is 1.30 bits per heavy atom. The van der Waals surface area contributed by atoms with Crippen molar-refractivity contribution in [1.29, 1.82) is 0 Å². The lowest BCUT2D eigenvalue weighted by molar-refractivity contribution is -0.134. The molecule has 1 aliphatic heterocycles. The van der Waals surface area contributed by atoms with Gasteiger partial charge in [0.15, 0.2) is 5.82 Å². The third-order valence-corrected chi connectivity index (χ3v) is 6.61. The van der Waals surface area contributed by atoms with Crippen LogP contribution in [0.1, 0.15) is 49.5 Å². The van der Waals surface area contributed by atoms with Crippen LogP contribution in [0.25, 0.3) is 0 Å². The van der Waals surface area contributed by atoms with Crippen LogP contribution in [-0.4, -0.2) is 46.0 Å². The molecule has 30 heavy (non-hydrogen) atoms. The molecule has 0 bridgehead atoms. The van der Waals surface area contributed by atoms with E-state index in [4.69, 9.17) is 4.52 Å². The van der Waals surface area contributed by atoms with Crippen LogP contribution >= 0.6 is 0 Å². The number of fused-ring (bicyclic) bond motifs is 1. The number of amides is 2. The number of aromatic nitrogens is 2. The Morgan fingerprint density at radius 3 is 2.73 bits per heavy atom. The van der Waals surface area contributed by atoms with Gasteiger partial charge in [-0.05, 0) is 43.7 Å². The highest BCUT2D eigenvalue weighted by atomic mass is 16.5. The molecule has 3 atom stereocenters. The molecule has 2 fully saturated rings. The minimum Gasteiger partial charge on any atom is -0.353 e. The van der Waals surface area contributed by atoms with Crippen LogP contribution in [0.5, 0.6) is 0 Å². The van der Waals surface area contributed by atoms with Crippen LogP contribution in [0.4, 0.5) is 0 Å². The summed E-state index contributed by atoms with van der Waals surface area (Å²) in [5, 5.41) is 7.22. The lowest BCUT2D eigenvalue weighted by atomic mass is 9.80. The summed E-state index contributed by atoms with van der Waals surface area (Å²) in [6.45, 7) is 8.92. The Morgan fingerprint density at radius 2 is 2.07 bits per heavy atom. The van der Waals surface area contributed by atoms with E-state index in [1.807, 2.05) is 49.9 Å². The number of benzene rings is 1. The van der Waals surface area contributed by atoms with Crippen molar-refractivity contribution in [1.82, 2.24) is 20.4 Å². The first-order valence-electron chi connectivity index (χ1n) is 10.7.